The van der Waals surface area contributed by atoms with Gasteiger partial charge in [-0.15, -0.1) is 0 Å². The number of para-hydroxylation sites is 2. The molecule has 4 rings (SSSR count). The minimum atomic E-state index is -0.0667. The minimum Gasteiger partial charge on any atom is -0.431 e. The van der Waals surface area contributed by atoms with Gasteiger partial charge in [-0.25, -0.2) is 4.98 Å². The molecule has 2 heterocycles. The van der Waals surface area contributed by atoms with E-state index in [0.29, 0.717) is 5.22 Å². The van der Waals surface area contributed by atoms with Crippen molar-refractivity contribution in [1.29, 1.82) is 0 Å². The van der Waals surface area contributed by atoms with Crippen LogP contribution < -0.4 is 10.2 Å². The molecule has 0 radical (unpaired) electrons. The number of rotatable bonds is 5. The van der Waals surface area contributed by atoms with E-state index in [1.807, 2.05) is 36.4 Å². The number of nitrogens with one attached hydrogen (secondary N) is 1. The summed E-state index contributed by atoms with van der Waals surface area (Å²) in [6.07, 6.45) is 3.83. The molecular formula is C20H21N3O2S. The summed E-state index contributed by atoms with van der Waals surface area (Å²) in [6, 6.07) is 15.7. The van der Waals surface area contributed by atoms with Gasteiger partial charge in [-0.1, -0.05) is 23.9 Å². The maximum absolute atomic E-state index is 12.2. The normalized spacial score (nSPS) is 14.5. The molecule has 0 atom stereocenters. The molecule has 3 aromatic rings. The van der Waals surface area contributed by atoms with E-state index < -0.39 is 0 Å². The Morgan fingerprint density at radius 2 is 1.85 bits per heavy atom. The number of nitrogens with zero attached hydrogens (tertiary/aromatic N) is 2. The van der Waals surface area contributed by atoms with Crippen molar-refractivity contribution in [3.8, 4) is 0 Å². The number of amides is 1. The number of benzene rings is 2. The summed E-state index contributed by atoms with van der Waals surface area (Å²) in [5.41, 5.74) is 3.59. The largest absolute Gasteiger partial charge is 0.431 e. The minimum absolute atomic E-state index is 0.0667. The zero-order valence-electron chi connectivity index (χ0n) is 14.5. The molecule has 1 aliphatic rings. The van der Waals surface area contributed by atoms with E-state index in [1.165, 1.54) is 36.7 Å². The molecule has 2 aromatic carbocycles. The first kappa shape index (κ1) is 17.0. The Bertz CT molecular complexity index is 852. The molecule has 5 nitrogen and oxygen atoms in total. The van der Waals surface area contributed by atoms with Gasteiger partial charge in [-0.2, -0.15) is 0 Å². The maximum Gasteiger partial charge on any atom is 0.257 e. The molecule has 0 bridgehead atoms. The average molecular weight is 367 g/mol. The van der Waals surface area contributed by atoms with Crippen molar-refractivity contribution >= 4 is 40.1 Å². The number of hydrogen-bond acceptors (Lipinski definition) is 5. The summed E-state index contributed by atoms with van der Waals surface area (Å²) >= 11 is 1.30. The van der Waals surface area contributed by atoms with E-state index >= 15 is 0 Å². The van der Waals surface area contributed by atoms with Crippen molar-refractivity contribution in [2.75, 3.05) is 29.1 Å². The molecule has 1 aromatic heterocycles. The van der Waals surface area contributed by atoms with Gasteiger partial charge in [0.05, 0.1) is 5.75 Å². The molecular weight excluding hydrogens is 346 g/mol. The lowest BCUT2D eigenvalue weighted by Gasteiger charge is -2.28. The molecule has 0 saturated carbocycles. The van der Waals surface area contributed by atoms with Crippen molar-refractivity contribution in [1.82, 2.24) is 4.98 Å². The van der Waals surface area contributed by atoms with Crippen LogP contribution in [0.2, 0.25) is 0 Å². The molecule has 1 N–H and O–H groups in total. The van der Waals surface area contributed by atoms with E-state index in [2.05, 4.69) is 27.3 Å². The van der Waals surface area contributed by atoms with E-state index in [0.717, 1.165) is 29.9 Å². The zero-order valence-corrected chi connectivity index (χ0v) is 15.3. The SMILES string of the molecule is O=C(CSc1nc2ccccc2o1)Nc1ccc(N2CCCCC2)cc1. The van der Waals surface area contributed by atoms with Crippen LogP contribution in [0.4, 0.5) is 11.4 Å². The second-order valence-corrected chi connectivity index (χ2v) is 7.31. The fraction of sp³-hybridized carbons (Fsp3) is 0.300. The standard InChI is InChI=1S/C20H21N3O2S/c24-19(14-26-20-22-17-6-2-3-7-18(17)25-20)21-15-8-10-16(11-9-15)23-12-4-1-5-13-23/h2-3,6-11H,1,4-5,12-14H2,(H,21,24). The van der Waals surface area contributed by atoms with Gasteiger partial charge in [-0.3, -0.25) is 4.79 Å². The van der Waals surface area contributed by atoms with Gasteiger partial charge in [0, 0.05) is 24.5 Å². The first-order valence-corrected chi connectivity index (χ1v) is 9.90. The van der Waals surface area contributed by atoms with E-state index in [1.54, 1.807) is 0 Å². The second-order valence-electron chi connectivity index (χ2n) is 6.38. The van der Waals surface area contributed by atoms with Gasteiger partial charge < -0.3 is 14.6 Å². The van der Waals surface area contributed by atoms with Crippen molar-refractivity contribution in [3.63, 3.8) is 0 Å². The van der Waals surface area contributed by atoms with Crippen LogP contribution in [0.15, 0.2) is 58.2 Å². The van der Waals surface area contributed by atoms with Crippen LogP contribution in [0.3, 0.4) is 0 Å². The molecule has 134 valence electrons. The summed E-state index contributed by atoms with van der Waals surface area (Å²) in [6.45, 7) is 2.24. The third-order valence-corrected chi connectivity index (χ3v) is 5.30. The fourth-order valence-corrected chi connectivity index (χ4v) is 3.78. The summed E-state index contributed by atoms with van der Waals surface area (Å²) in [7, 11) is 0. The van der Waals surface area contributed by atoms with Crippen molar-refractivity contribution < 1.29 is 9.21 Å². The van der Waals surface area contributed by atoms with Gasteiger partial charge in [0.1, 0.15) is 5.52 Å². The third-order valence-electron chi connectivity index (χ3n) is 4.47. The predicted molar refractivity (Wildman–Crippen MR) is 106 cm³/mol. The fourth-order valence-electron chi connectivity index (χ4n) is 3.14. The van der Waals surface area contributed by atoms with Gasteiger partial charge in [0.2, 0.25) is 5.91 Å². The number of aromatic nitrogens is 1. The van der Waals surface area contributed by atoms with Gasteiger partial charge >= 0.3 is 0 Å². The van der Waals surface area contributed by atoms with E-state index in [9.17, 15) is 4.79 Å². The predicted octanol–water partition coefficient (Wildman–Crippen LogP) is 4.55. The van der Waals surface area contributed by atoms with Crippen LogP contribution >= 0.6 is 11.8 Å². The maximum atomic E-state index is 12.2. The number of hydrogen-bond donors (Lipinski definition) is 1. The van der Waals surface area contributed by atoms with E-state index in [-0.39, 0.29) is 11.7 Å². The molecule has 6 heteroatoms. The molecule has 1 amide bonds. The third kappa shape index (κ3) is 4.02. The average Bonchev–Trinajstić information content (AvgIpc) is 3.11. The molecule has 1 fully saturated rings. The second kappa shape index (κ2) is 7.83. The smallest absolute Gasteiger partial charge is 0.257 e. The summed E-state index contributed by atoms with van der Waals surface area (Å²) < 4.78 is 5.62. The number of fused-ring (bicyclic) bond motifs is 1. The van der Waals surface area contributed by atoms with Crippen LogP contribution in [0, 0.1) is 0 Å². The lowest BCUT2D eigenvalue weighted by molar-refractivity contribution is -0.113. The molecule has 1 aliphatic heterocycles. The highest BCUT2D eigenvalue weighted by Gasteiger charge is 2.12. The van der Waals surface area contributed by atoms with Crippen molar-refractivity contribution in [2.24, 2.45) is 0 Å². The van der Waals surface area contributed by atoms with Crippen LogP contribution in [-0.2, 0) is 4.79 Å². The van der Waals surface area contributed by atoms with Gasteiger partial charge in [-0.05, 0) is 55.7 Å². The number of oxazole rings is 1. The Labute approximate surface area is 156 Å². The Hall–Kier alpha value is -2.47. The van der Waals surface area contributed by atoms with Crippen LogP contribution in [-0.4, -0.2) is 29.7 Å². The highest BCUT2D eigenvalue weighted by Crippen LogP contribution is 2.24. The molecule has 0 unspecified atom stereocenters. The lowest BCUT2D eigenvalue weighted by atomic mass is 10.1. The quantitative estimate of drug-likeness (QED) is 0.671. The van der Waals surface area contributed by atoms with Crippen molar-refractivity contribution in [2.45, 2.75) is 24.5 Å². The topological polar surface area (TPSA) is 58.4 Å². The van der Waals surface area contributed by atoms with Gasteiger partial charge in [0.15, 0.2) is 5.58 Å². The first-order chi connectivity index (χ1) is 12.8. The highest BCUT2D eigenvalue weighted by molar-refractivity contribution is 7.99. The number of piperidine rings is 1. The Kier molecular flexibility index (Phi) is 5.11. The Morgan fingerprint density at radius 3 is 2.62 bits per heavy atom. The molecule has 0 spiro atoms. The van der Waals surface area contributed by atoms with Crippen LogP contribution in [0.25, 0.3) is 11.1 Å². The zero-order chi connectivity index (χ0) is 17.8. The van der Waals surface area contributed by atoms with Crippen molar-refractivity contribution in [3.05, 3.63) is 48.5 Å². The number of thioether (sulfide) groups is 1. The number of carbonyl (C=O) groups excluding carboxylic acids is 1. The van der Waals surface area contributed by atoms with Gasteiger partial charge in [0.25, 0.3) is 5.22 Å². The first-order valence-electron chi connectivity index (χ1n) is 8.91. The number of carbonyl (C=O) groups is 1. The monoisotopic (exact) mass is 367 g/mol. The summed E-state index contributed by atoms with van der Waals surface area (Å²) in [5.74, 6) is 0.198. The van der Waals surface area contributed by atoms with Crippen LogP contribution in [0.1, 0.15) is 19.3 Å². The van der Waals surface area contributed by atoms with Crippen LogP contribution in [0.5, 0.6) is 0 Å². The molecule has 1 saturated heterocycles. The lowest BCUT2D eigenvalue weighted by Crippen LogP contribution is -2.29. The summed E-state index contributed by atoms with van der Waals surface area (Å²) in [5, 5.41) is 3.44. The Morgan fingerprint density at radius 1 is 1.08 bits per heavy atom. The number of anilines is 2. The molecule has 26 heavy (non-hydrogen) atoms. The Balaban J connectivity index is 1.31. The van der Waals surface area contributed by atoms with E-state index in [4.69, 9.17) is 4.42 Å². The molecule has 0 aliphatic carbocycles. The highest BCUT2D eigenvalue weighted by atomic mass is 32.2. The summed E-state index contributed by atoms with van der Waals surface area (Å²) in [4.78, 5) is 18.9.